The predicted octanol–water partition coefficient (Wildman–Crippen LogP) is 2.15. The van der Waals surface area contributed by atoms with Crippen molar-refractivity contribution in [1.82, 2.24) is 14.9 Å². The Bertz CT molecular complexity index is 562. The van der Waals surface area contributed by atoms with Gasteiger partial charge in [0.2, 0.25) is 0 Å². The van der Waals surface area contributed by atoms with Gasteiger partial charge < -0.3 is 4.90 Å². The maximum atomic E-state index is 4.51. The van der Waals surface area contributed by atoms with E-state index in [0.717, 1.165) is 50.8 Å². The zero-order valence-corrected chi connectivity index (χ0v) is 12.6. The van der Waals surface area contributed by atoms with E-state index in [-0.39, 0.29) is 0 Å². The number of nitrogens with zero attached hydrogens (tertiary/aromatic N) is 4. The monoisotopic (exact) mass is 282 g/mol. The second-order valence-corrected chi connectivity index (χ2v) is 5.53. The second-order valence-electron chi connectivity index (χ2n) is 5.53. The van der Waals surface area contributed by atoms with E-state index in [2.05, 4.69) is 50.1 Å². The highest BCUT2D eigenvalue weighted by Crippen LogP contribution is 2.13. The van der Waals surface area contributed by atoms with Gasteiger partial charge >= 0.3 is 0 Å². The van der Waals surface area contributed by atoms with Gasteiger partial charge in [-0.2, -0.15) is 0 Å². The van der Waals surface area contributed by atoms with Crippen molar-refractivity contribution < 1.29 is 0 Å². The Balaban J connectivity index is 1.49. The number of rotatable bonds is 4. The molecule has 4 nitrogen and oxygen atoms in total. The summed E-state index contributed by atoms with van der Waals surface area (Å²) in [4.78, 5) is 13.6. The molecule has 0 unspecified atom stereocenters. The minimum absolute atomic E-state index is 0.846. The second kappa shape index (κ2) is 6.68. The van der Waals surface area contributed by atoms with Gasteiger partial charge in [-0.3, -0.25) is 4.90 Å². The highest BCUT2D eigenvalue weighted by Gasteiger charge is 2.17. The molecule has 1 aromatic carbocycles. The SMILES string of the molecule is Cc1nccc(N2CCN(CCc3ccccc3)CC2)n1. The van der Waals surface area contributed by atoms with Crippen LogP contribution in [0.4, 0.5) is 5.82 Å². The molecule has 0 atom stereocenters. The molecule has 0 spiro atoms. The van der Waals surface area contributed by atoms with Gasteiger partial charge in [-0.05, 0) is 25.0 Å². The predicted molar refractivity (Wildman–Crippen MR) is 85.6 cm³/mol. The number of anilines is 1. The number of aromatic nitrogens is 2. The van der Waals surface area contributed by atoms with Crippen molar-refractivity contribution >= 4 is 5.82 Å². The van der Waals surface area contributed by atoms with E-state index in [1.54, 1.807) is 0 Å². The third-order valence-electron chi connectivity index (χ3n) is 4.02. The molecule has 21 heavy (non-hydrogen) atoms. The third-order valence-corrected chi connectivity index (χ3v) is 4.02. The Morgan fingerprint density at radius 3 is 2.48 bits per heavy atom. The molecule has 0 amide bonds. The summed E-state index contributed by atoms with van der Waals surface area (Å²) in [5.41, 5.74) is 1.42. The van der Waals surface area contributed by atoms with Crippen LogP contribution in [-0.4, -0.2) is 47.6 Å². The quantitative estimate of drug-likeness (QED) is 0.860. The van der Waals surface area contributed by atoms with E-state index < -0.39 is 0 Å². The molecule has 0 N–H and O–H groups in total. The van der Waals surface area contributed by atoms with Crippen LogP contribution in [0.1, 0.15) is 11.4 Å². The van der Waals surface area contributed by atoms with Crippen LogP contribution in [0.2, 0.25) is 0 Å². The third kappa shape index (κ3) is 3.79. The zero-order valence-electron chi connectivity index (χ0n) is 12.6. The van der Waals surface area contributed by atoms with Gasteiger partial charge in [0.15, 0.2) is 0 Å². The lowest BCUT2D eigenvalue weighted by atomic mass is 10.1. The van der Waals surface area contributed by atoms with Gasteiger partial charge in [0.1, 0.15) is 11.6 Å². The highest BCUT2D eigenvalue weighted by molar-refractivity contribution is 5.37. The molecule has 2 aromatic rings. The number of benzene rings is 1. The first-order valence-corrected chi connectivity index (χ1v) is 7.62. The van der Waals surface area contributed by atoms with Crippen molar-refractivity contribution in [3.63, 3.8) is 0 Å². The lowest BCUT2D eigenvalue weighted by Gasteiger charge is -2.35. The molecule has 4 heteroatoms. The molecule has 3 rings (SSSR count). The summed E-state index contributed by atoms with van der Waals surface area (Å²) >= 11 is 0. The van der Waals surface area contributed by atoms with Crippen molar-refractivity contribution in [2.75, 3.05) is 37.6 Å². The zero-order chi connectivity index (χ0) is 14.5. The number of hydrogen-bond acceptors (Lipinski definition) is 4. The number of hydrogen-bond donors (Lipinski definition) is 0. The van der Waals surface area contributed by atoms with Crippen molar-refractivity contribution in [3.8, 4) is 0 Å². The Hall–Kier alpha value is -1.94. The number of piperazine rings is 1. The van der Waals surface area contributed by atoms with Gasteiger partial charge in [0, 0.05) is 38.9 Å². The van der Waals surface area contributed by atoms with Gasteiger partial charge in [-0.25, -0.2) is 9.97 Å². The first-order valence-electron chi connectivity index (χ1n) is 7.62. The van der Waals surface area contributed by atoms with E-state index in [1.807, 2.05) is 19.2 Å². The molecule has 1 aliphatic rings. The largest absolute Gasteiger partial charge is 0.354 e. The summed E-state index contributed by atoms with van der Waals surface area (Å²) in [6, 6.07) is 12.7. The molecule has 110 valence electrons. The van der Waals surface area contributed by atoms with Crippen LogP contribution >= 0.6 is 0 Å². The van der Waals surface area contributed by atoms with Crippen molar-refractivity contribution in [2.24, 2.45) is 0 Å². The summed E-state index contributed by atoms with van der Waals surface area (Å²) in [5.74, 6) is 1.91. The first-order chi connectivity index (χ1) is 10.3. The maximum absolute atomic E-state index is 4.51. The van der Waals surface area contributed by atoms with Crippen molar-refractivity contribution in [1.29, 1.82) is 0 Å². The van der Waals surface area contributed by atoms with Crippen LogP contribution < -0.4 is 4.90 Å². The lowest BCUT2D eigenvalue weighted by molar-refractivity contribution is 0.260. The molecule has 0 aliphatic carbocycles. The fourth-order valence-corrected chi connectivity index (χ4v) is 2.75. The molecule has 1 aromatic heterocycles. The van der Waals surface area contributed by atoms with Crippen LogP contribution in [0.25, 0.3) is 0 Å². The van der Waals surface area contributed by atoms with Crippen molar-refractivity contribution in [3.05, 3.63) is 54.0 Å². The molecular formula is C17H22N4. The fraction of sp³-hybridized carbons (Fsp3) is 0.412. The minimum Gasteiger partial charge on any atom is -0.354 e. The van der Waals surface area contributed by atoms with Crippen LogP contribution in [0, 0.1) is 6.92 Å². The fourth-order valence-electron chi connectivity index (χ4n) is 2.75. The molecule has 0 radical (unpaired) electrons. The van der Waals surface area contributed by atoms with Crippen LogP contribution in [0.5, 0.6) is 0 Å². The first kappa shape index (κ1) is 14.0. The smallest absolute Gasteiger partial charge is 0.132 e. The van der Waals surface area contributed by atoms with E-state index in [9.17, 15) is 0 Å². The molecule has 1 saturated heterocycles. The average Bonchev–Trinajstić information content (AvgIpc) is 2.54. The van der Waals surface area contributed by atoms with E-state index in [4.69, 9.17) is 0 Å². The molecule has 1 fully saturated rings. The molecule has 0 bridgehead atoms. The summed E-state index contributed by atoms with van der Waals surface area (Å²) in [5, 5.41) is 0. The Morgan fingerprint density at radius 1 is 1.00 bits per heavy atom. The van der Waals surface area contributed by atoms with Gasteiger partial charge in [-0.1, -0.05) is 30.3 Å². The lowest BCUT2D eigenvalue weighted by Crippen LogP contribution is -2.47. The highest BCUT2D eigenvalue weighted by atomic mass is 15.3. The summed E-state index contributed by atoms with van der Waals surface area (Å²) < 4.78 is 0. The summed E-state index contributed by atoms with van der Waals surface area (Å²) in [6.07, 6.45) is 2.98. The average molecular weight is 282 g/mol. The van der Waals surface area contributed by atoms with Crippen LogP contribution in [0.3, 0.4) is 0 Å². The Kier molecular flexibility index (Phi) is 4.46. The van der Waals surface area contributed by atoms with Gasteiger partial charge in [0.25, 0.3) is 0 Å². The molecule has 0 saturated carbocycles. The normalized spacial score (nSPS) is 16.1. The molecule has 1 aliphatic heterocycles. The molecular weight excluding hydrogens is 260 g/mol. The van der Waals surface area contributed by atoms with E-state index in [1.165, 1.54) is 5.56 Å². The van der Waals surface area contributed by atoms with E-state index >= 15 is 0 Å². The molecule has 2 heterocycles. The topological polar surface area (TPSA) is 32.3 Å². The van der Waals surface area contributed by atoms with Crippen LogP contribution in [-0.2, 0) is 6.42 Å². The van der Waals surface area contributed by atoms with Gasteiger partial charge in [-0.15, -0.1) is 0 Å². The van der Waals surface area contributed by atoms with Crippen LogP contribution in [0.15, 0.2) is 42.6 Å². The number of aryl methyl sites for hydroxylation is 1. The standard InChI is InChI=1S/C17H22N4/c1-15-18-9-7-17(19-15)21-13-11-20(12-14-21)10-8-16-5-3-2-4-6-16/h2-7,9H,8,10-14H2,1H3. The Morgan fingerprint density at radius 2 is 1.76 bits per heavy atom. The summed E-state index contributed by atoms with van der Waals surface area (Å²) in [6.45, 7) is 7.39. The van der Waals surface area contributed by atoms with E-state index in [0.29, 0.717) is 0 Å². The summed E-state index contributed by atoms with van der Waals surface area (Å²) in [7, 11) is 0. The minimum atomic E-state index is 0.846. The maximum Gasteiger partial charge on any atom is 0.132 e. The Labute approximate surface area is 126 Å². The van der Waals surface area contributed by atoms with Crippen molar-refractivity contribution in [2.45, 2.75) is 13.3 Å². The van der Waals surface area contributed by atoms with Gasteiger partial charge in [0.05, 0.1) is 0 Å².